The number of aromatic nitrogens is 3. The first-order chi connectivity index (χ1) is 12.5. The molecule has 0 unspecified atom stereocenters. The Morgan fingerprint density at radius 1 is 0.885 bits per heavy atom. The highest BCUT2D eigenvalue weighted by molar-refractivity contribution is 5.75. The third-order valence-corrected chi connectivity index (χ3v) is 3.64. The van der Waals surface area contributed by atoms with E-state index in [-0.39, 0.29) is 19.6 Å². The molecule has 136 valence electrons. The third-order valence-electron chi connectivity index (χ3n) is 3.64. The van der Waals surface area contributed by atoms with E-state index in [9.17, 15) is 19.2 Å². The van der Waals surface area contributed by atoms with Crippen LogP contribution in [-0.2, 0) is 31.0 Å². The second-order valence-electron chi connectivity index (χ2n) is 5.49. The van der Waals surface area contributed by atoms with Gasteiger partial charge in [0.2, 0.25) is 5.91 Å². The number of nitrogens with zero attached hydrogens (tertiary/aromatic N) is 3. The molecule has 2 aromatic rings. The summed E-state index contributed by atoms with van der Waals surface area (Å²) in [6.07, 6.45) is 2.73. The number of hydrogen-bond donors (Lipinski definition) is 1. The van der Waals surface area contributed by atoms with Crippen LogP contribution in [0.4, 0.5) is 0 Å². The Morgan fingerprint density at radius 2 is 1.38 bits per heavy atom. The molecule has 0 radical (unpaired) electrons. The molecule has 1 N–H and O–H groups in total. The minimum atomic E-state index is -0.852. The van der Waals surface area contributed by atoms with Crippen molar-refractivity contribution < 1.29 is 4.79 Å². The van der Waals surface area contributed by atoms with Crippen molar-refractivity contribution in [2.24, 2.45) is 0 Å². The van der Waals surface area contributed by atoms with Crippen LogP contribution in [0.1, 0.15) is 5.56 Å². The molecule has 0 aliphatic carbocycles. The molecule has 0 saturated heterocycles. The van der Waals surface area contributed by atoms with Gasteiger partial charge in [-0.15, -0.1) is 13.2 Å². The summed E-state index contributed by atoms with van der Waals surface area (Å²) in [6, 6.07) is 9.22. The van der Waals surface area contributed by atoms with E-state index in [1.165, 1.54) is 12.2 Å². The van der Waals surface area contributed by atoms with Crippen molar-refractivity contribution in [2.45, 2.75) is 26.2 Å². The number of benzene rings is 1. The zero-order valence-electron chi connectivity index (χ0n) is 14.3. The summed E-state index contributed by atoms with van der Waals surface area (Å²) in [5, 5.41) is 2.64. The van der Waals surface area contributed by atoms with Crippen molar-refractivity contribution in [3.05, 3.63) is 92.7 Å². The summed E-state index contributed by atoms with van der Waals surface area (Å²) in [6.45, 7) is 6.63. The van der Waals surface area contributed by atoms with Crippen LogP contribution in [0.25, 0.3) is 0 Å². The number of nitrogens with one attached hydrogen (secondary N) is 1. The van der Waals surface area contributed by atoms with Gasteiger partial charge >= 0.3 is 17.1 Å². The molecule has 0 spiro atoms. The molecule has 26 heavy (non-hydrogen) atoms. The van der Waals surface area contributed by atoms with Crippen molar-refractivity contribution in [2.75, 3.05) is 0 Å². The fourth-order valence-corrected chi connectivity index (χ4v) is 2.38. The van der Waals surface area contributed by atoms with Crippen LogP contribution in [0.15, 0.2) is 70.0 Å². The lowest BCUT2D eigenvalue weighted by Crippen LogP contribution is -2.55. The van der Waals surface area contributed by atoms with Gasteiger partial charge in [-0.05, 0) is 5.56 Å². The highest BCUT2D eigenvalue weighted by atomic mass is 16.2. The first-order valence-corrected chi connectivity index (χ1v) is 7.96. The highest BCUT2D eigenvalue weighted by Gasteiger charge is 2.16. The molecule has 1 heterocycles. The summed E-state index contributed by atoms with van der Waals surface area (Å²) in [5.74, 6) is -0.512. The van der Waals surface area contributed by atoms with E-state index in [1.807, 2.05) is 30.3 Å². The van der Waals surface area contributed by atoms with Gasteiger partial charge in [0, 0.05) is 6.54 Å². The second-order valence-corrected chi connectivity index (χ2v) is 5.49. The maximum Gasteiger partial charge on any atom is 0.337 e. The number of allylic oxidation sites excluding steroid dienone is 2. The van der Waals surface area contributed by atoms with E-state index in [2.05, 4.69) is 18.5 Å². The van der Waals surface area contributed by atoms with Gasteiger partial charge in [0.25, 0.3) is 0 Å². The lowest BCUT2D eigenvalue weighted by atomic mass is 10.2. The maximum absolute atomic E-state index is 12.4. The lowest BCUT2D eigenvalue weighted by Gasteiger charge is -2.12. The molecule has 8 nitrogen and oxygen atoms in total. The van der Waals surface area contributed by atoms with E-state index in [4.69, 9.17) is 0 Å². The standard InChI is InChI=1S/C18H20N4O4/c1-3-10-20-16(24)21(11-4-2)18(26)22(17(20)25)13-15(23)19-12-14-8-6-5-7-9-14/h3-9H,1-2,10-13H2,(H,19,23). The monoisotopic (exact) mass is 356 g/mol. The van der Waals surface area contributed by atoms with Crippen molar-refractivity contribution in [1.82, 2.24) is 19.0 Å². The number of rotatable bonds is 8. The number of hydrogen-bond acceptors (Lipinski definition) is 4. The molecule has 0 aliphatic heterocycles. The van der Waals surface area contributed by atoms with Crippen LogP contribution in [0.2, 0.25) is 0 Å². The van der Waals surface area contributed by atoms with Gasteiger partial charge in [0.15, 0.2) is 0 Å². The van der Waals surface area contributed by atoms with Gasteiger partial charge in [0.1, 0.15) is 6.54 Å². The number of amides is 1. The van der Waals surface area contributed by atoms with Crippen molar-refractivity contribution in [3.63, 3.8) is 0 Å². The predicted octanol–water partition coefficient (Wildman–Crippen LogP) is -0.140. The van der Waals surface area contributed by atoms with E-state index < -0.39 is 29.5 Å². The molecule has 0 saturated carbocycles. The Labute approximate surface area is 149 Å². The SMILES string of the molecule is C=CCn1c(=O)n(CC=C)c(=O)n(CC(=O)NCc2ccccc2)c1=O. The fraction of sp³-hybridized carbons (Fsp3) is 0.222. The van der Waals surface area contributed by atoms with Crippen molar-refractivity contribution >= 4 is 5.91 Å². The zero-order chi connectivity index (χ0) is 19.1. The molecule has 0 aliphatic rings. The predicted molar refractivity (Wildman–Crippen MR) is 97.9 cm³/mol. The summed E-state index contributed by atoms with van der Waals surface area (Å²) in [5.41, 5.74) is -1.58. The normalized spacial score (nSPS) is 10.3. The van der Waals surface area contributed by atoms with Crippen LogP contribution in [0.5, 0.6) is 0 Å². The van der Waals surface area contributed by atoms with E-state index in [0.29, 0.717) is 0 Å². The Bertz CT molecular complexity index is 935. The van der Waals surface area contributed by atoms with Crippen LogP contribution in [-0.4, -0.2) is 19.6 Å². The zero-order valence-corrected chi connectivity index (χ0v) is 14.3. The van der Waals surface area contributed by atoms with E-state index >= 15 is 0 Å². The lowest BCUT2D eigenvalue weighted by molar-refractivity contribution is -0.122. The van der Waals surface area contributed by atoms with Crippen molar-refractivity contribution in [3.8, 4) is 0 Å². The molecule has 0 bridgehead atoms. The number of carbonyl (C=O) groups excluding carboxylic acids is 1. The summed E-state index contributed by atoms with van der Waals surface area (Å²) < 4.78 is 2.43. The number of carbonyl (C=O) groups is 1. The Kier molecular flexibility index (Phi) is 6.26. The van der Waals surface area contributed by atoms with Gasteiger partial charge < -0.3 is 5.32 Å². The van der Waals surface area contributed by atoms with Crippen molar-refractivity contribution in [1.29, 1.82) is 0 Å². The average molecular weight is 356 g/mol. The highest BCUT2D eigenvalue weighted by Crippen LogP contribution is 1.96. The van der Waals surface area contributed by atoms with Gasteiger partial charge in [-0.2, -0.15) is 0 Å². The first kappa shape index (κ1) is 18.9. The molecule has 8 heteroatoms. The quantitative estimate of drug-likeness (QED) is 0.666. The van der Waals surface area contributed by atoms with Gasteiger partial charge in [-0.1, -0.05) is 42.5 Å². The van der Waals surface area contributed by atoms with Crippen LogP contribution in [0.3, 0.4) is 0 Å². The minimum Gasteiger partial charge on any atom is -0.350 e. The second kappa shape index (κ2) is 8.61. The van der Waals surface area contributed by atoms with Crippen LogP contribution >= 0.6 is 0 Å². The molecule has 0 atom stereocenters. The molecular weight excluding hydrogens is 336 g/mol. The first-order valence-electron chi connectivity index (χ1n) is 7.96. The van der Waals surface area contributed by atoms with E-state index in [1.54, 1.807) is 0 Å². The van der Waals surface area contributed by atoms with Crippen LogP contribution in [0, 0.1) is 0 Å². The topological polar surface area (TPSA) is 95.1 Å². The van der Waals surface area contributed by atoms with Gasteiger partial charge in [-0.25, -0.2) is 28.1 Å². The molecule has 2 rings (SSSR count). The van der Waals surface area contributed by atoms with Gasteiger partial charge in [0.05, 0.1) is 13.1 Å². The third kappa shape index (κ3) is 4.15. The molecular formula is C18H20N4O4. The Balaban J connectivity index is 2.32. The molecule has 1 amide bonds. The molecule has 1 aromatic heterocycles. The molecule has 1 aromatic carbocycles. The maximum atomic E-state index is 12.4. The summed E-state index contributed by atoms with van der Waals surface area (Å²) in [7, 11) is 0. The van der Waals surface area contributed by atoms with Gasteiger partial charge in [-0.3, -0.25) is 4.79 Å². The largest absolute Gasteiger partial charge is 0.350 e. The smallest absolute Gasteiger partial charge is 0.337 e. The fourth-order valence-electron chi connectivity index (χ4n) is 2.38. The Hall–Kier alpha value is -3.42. The minimum absolute atomic E-state index is 0.0687. The summed E-state index contributed by atoms with van der Waals surface area (Å²) in [4.78, 5) is 49.3. The summed E-state index contributed by atoms with van der Waals surface area (Å²) >= 11 is 0. The Morgan fingerprint density at radius 3 is 1.88 bits per heavy atom. The van der Waals surface area contributed by atoms with E-state index in [0.717, 1.165) is 19.3 Å². The van der Waals surface area contributed by atoms with Crippen LogP contribution < -0.4 is 22.4 Å². The average Bonchev–Trinajstić information content (AvgIpc) is 2.65. The molecule has 0 fully saturated rings.